The second kappa shape index (κ2) is 9.24. The zero-order valence-corrected chi connectivity index (χ0v) is 19.2. The van der Waals surface area contributed by atoms with Crippen molar-refractivity contribution in [3.63, 3.8) is 0 Å². The lowest BCUT2D eigenvalue weighted by atomic mass is 10.2. The van der Waals surface area contributed by atoms with Gasteiger partial charge in [-0.3, -0.25) is 14.2 Å². The molecule has 0 saturated carbocycles. The van der Waals surface area contributed by atoms with E-state index in [1.807, 2.05) is 29.6 Å². The second-order valence-electron chi connectivity index (χ2n) is 6.98. The van der Waals surface area contributed by atoms with Gasteiger partial charge in [0.05, 0.1) is 23.2 Å². The summed E-state index contributed by atoms with van der Waals surface area (Å²) in [4.78, 5) is 33.1. The Labute approximate surface area is 180 Å². The molecular formula is C20H22BrN3O2S2. The maximum atomic E-state index is 13.0. The van der Waals surface area contributed by atoms with Crippen LogP contribution in [0.2, 0.25) is 0 Å². The Kier molecular flexibility index (Phi) is 6.95. The van der Waals surface area contributed by atoms with E-state index in [2.05, 4.69) is 34.8 Å². The van der Waals surface area contributed by atoms with Crippen molar-refractivity contribution in [3.05, 3.63) is 55.4 Å². The summed E-state index contributed by atoms with van der Waals surface area (Å²) in [5.74, 6) is 0.550. The minimum absolute atomic E-state index is 0.0136. The summed E-state index contributed by atoms with van der Waals surface area (Å²) >= 11 is 6.38. The minimum atomic E-state index is -0.0677. The number of aromatic nitrogens is 2. The number of carbonyl (C=O) groups is 1. The predicted molar refractivity (Wildman–Crippen MR) is 120 cm³/mol. The lowest BCUT2D eigenvalue weighted by Crippen LogP contribution is -2.29. The molecule has 0 saturated heterocycles. The molecule has 0 fully saturated rings. The van der Waals surface area contributed by atoms with E-state index in [0.717, 1.165) is 9.35 Å². The smallest absolute Gasteiger partial charge is 0.262 e. The van der Waals surface area contributed by atoms with E-state index >= 15 is 0 Å². The molecule has 0 aliphatic heterocycles. The van der Waals surface area contributed by atoms with Crippen molar-refractivity contribution in [1.82, 2.24) is 14.5 Å². The molecule has 1 aromatic carbocycles. The number of thioether (sulfide) groups is 1. The van der Waals surface area contributed by atoms with Gasteiger partial charge < -0.3 is 4.90 Å². The predicted octanol–water partition coefficient (Wildman–Crippen LogP) is 4.63. The highest BCUT2D eigenvalue weighted by molar-refractivity contribution is 9.10. The van der Waals surface area contributed by atoms with E-state index in [1.54, 1.807) is 33.9 Å². The van der Waals surface area contributed by atoms with Crippen molar-refractivity contribution in [2.75, 3.05) is 12.8 Å². The highest BCUT2D eigenvalue weighted by Crippen LogP contribution is 2.22. The van der Waals surface area contributed by atoms with E-state index in [9.17, 15) is 9.59 Å². The van der Waals surface area contributed by atoms with Gasteiger partial charge in [0, 0.05) is 22.9 Å². The van der Waals surface area contributed by atoms with Crippen LogP contribution in [-0.2, 0) is 17.9 Å². The third-order valence-electron chi connectivity index (χ3n) is 4.15. The molecule has 3 rings (SSSR count). The van der Waals surface area contributed by atoms with Crippen LogP contribution < -0.4 is 5.56 Å². The van der Waals surface area contributed by atoms with Crippen molar-refractivity contribution in [3.8, 4) is 0 Å². The molecule has 148 valence electrons. The average molecular weight is 480 g/mol. The van der Waals surface area contributed by atoms with Crippen LogP contribution in [0.1, 0.15) is 18.7 Å². The molecule has 3 aromatic rings. The number of rotatable bonds is 7. The molecule has 2 heterocycles. The Bertz CT molecular complexity index is 1030. The number of hydrogen-bond donors (Lipinski definition) is 0. The molecule has 28 heavy (non-hydrogen) atoms. The molecule has 5 nitrogen and oxygen atoms in total. The van der Waals surface area contributed by atoms with Gasteiger partial charge in [-0.2, -0.15) is 0 Å². The summed E-state index contributed by atoms with van der Waals surface area (Å²) in [5, 5.41) is 3.18. The maximum Gasteiger partial charge on any atom is 0.262 e. The number of fused-ring (bicyclic) bond motifs is 1. The number of carbonyl (C=O) groups excluding carboxylic acids is 1. The molecule has 0 radical (unpaired) electrons. The van der Waals surface area contributed by atoms with Gasteiger partial charge >= 0.3 is 0 Å². The summed E-state index contributed by atoms with van der Waals surface area (Å²) in [6, 6.07) is 9.50. The minimum Gasteiger partial charge on any atom is -0.340 e. The summed E-state index contributed by atoms with van der Waals surface area (Å²) < 4.78 is 2.54. The molecule has 0 aliphatic rings. The Morgan fingerprint density at radius 1 is 1.36 bits per heavy atom. The molecule has 0 N–H and O–H groups in total. The molecule has 0 spiro atoms. The molecular weight excluding hydrogens is 458 g/mol. The van der Waals surface area contributed by atoms with Crippen molar-refractivity contribution in [2.45, 2.75) is 32.1 Å². The largest absolute Gasteiger partial charge is 0.340 e. The number of thiophene rings is 1. The van der Waals surface area contributed by atoms with Crippen LogP contribution in [0.3, 0.4) is 0 Å². The van der Waals surface area contributed by atoms with E-state index in [-0.39, 0.29) is 17.2 Å². The number of benzene rings is 1. The molecule has 0 bridgehead atoms. The van der Waals surface area contributed by atoms with E-state index in [4.69, 9.17) is 0 Å². The lowest BCUT2D eigenvalue weighted by Gasteiger charge is -2.18. The second-order valence-corrected chi connectivity index (χ2v) is 9.87. The van der Waals surface area contributed by atoms with Gasteiger partial charge in [0.25, 0.3) is 5.56 Å². The normalized spacial score (nSPS) is 11.3. The van der Waals surface area contributed by atoms with Crippen LogP contribution in [0.25, 0.3) is 10.9 Å². The van der Waals surface area contributed by atoms with Crippen LogP contribution in [-0.4, -0.2) is 33.2 Å². The number of hydrogen-bond acceptors (Lipinski definition) is 5. The highest BCUT2D eigenvalue weighted by atomic mass is 79.9. The Hall–Kier alpha value is -1.64. The third kappa shape index (κ3) is 5.04. The van der Waals surface area contributed by atoms with Crippen LogP contribution in [0.5, 0.6) is 0 Å². The number of halogens is 1. The standard InChI is InChI=1S/C20H22BrN3O2S2/c1-13(2)10-24-19(26)16-9-14(21)6-7-17(16)22-20(24)28-12-18(25)23(3)11-15-5-4-8-27-15/h4-9,13H,10-12H2,1-3H3. The zero-order valence-electron chi connectivity index (χ0n) is 16.0. The van der Waals surface area contributed by atoms with Gasteiger partial charge in [0.15, 0.2) is 5.16 Å². The first kappa shape index (κ1) is 21.1. The fourth-order valence-electron chi connectivity index (χ4n) is 2.77. The SMILES string of the molecule is CC(C)Cn1c(SCC(=O)N(C)Cc2cccs2)nc2ccc(Br)cc2c1=O. The fraction of sp³-hybridized carbons (Fsp3) is 0.350. The number of nitrogens with zero attached hydrogens (tertiary/aromatic N) is 3. The first-order valence-corrected chi connectivity index (χ1v) is 11.6. The maximum absolute atomic E-state index is 13.0. The first-order chi connectivity index (χ1) is 13.3. The topological polar surface area (TPSA) is 55.2 Å². The third-order valence-corrected chi connectivity index (χ3v) is 6.47. The van der Waals surface area contributed by atoms with Gasteiger partial charge in [0.2, 0.25) is 5.91 Å². The van der Waals surface area contributed by atoms with Crippen LogP contribution >= 0.6 is 39.0 Å². The Morgan fingerprint density at radius 2 is 2.14 bits per heavy atom. The van der Waals surface area contributed by atoms with Gasteiger partial charge in [-0.05, 0) is 35.6 Å². The lowest BCUT2D eigenvalue weighted by molar-refractivity contribution is -0.127. The van der Waals surface area contributed by atoms with E-state index < -0.39 is 0 Å². The van der Waals surface area contributed by atoms with E-state index in [0.29, 0.717) is 35.1 Å². The van der Waals surface area contributed by atoms with Crippen LogP contribution in [0.4, 0.5) is 0 Å². The fourth-order valence-corrected chi connectivity index (χ4v) is 4.84. The molecule has 0 atom stereocenters. The van der Waals surface area contributed by atoms with Gasteiger partial charge in [-0.1, -0.05) is 47.6 Å². The van der Waals surface area contributed by atoms with Crippen molar-refractivity contribution < 1.29 is 4.79 Å². The summed E-state index contributed by atoms with van der Waals surface area (Å²) in [6.07, 6.45) is 0. The van der Waals surface area contributed by atoms with Crippen LogP contribution in [0.15, 0.2) is 50.1 Å². The first-order valence-electron chi connectivity index (χ1n) is 8.94. The Morgan fingerprint density at radius 3 is 2.82 bits per heavy atom. The summed E-state index contributed by atoms with van der Waals surface area (Å²) in [5.41, 5.74) is 0.581. The Balaban J connectivity index is 1.83. The molecule has 8 heteroatoms. The summed E-state index contributed by atoms with van der Waals surface area (Å²) in [7, 11) is 1.80. The highest BCUT2D eigenvalue weighted by Gasteiger charge is 2.16. The summed E-state index contributed by atoms with van der Waals surface area (Å²) in [6.45, 7) is 5.28. The molecule has 2 aromatic heterocycles. The van der Waals surface area contributed by atoms with Gasteiger partial charge in [0.1, 0.15) is 0 Å². The van der Waals surface area contributed by atoms with Crippen molar-refractivity contribution in [1.29, 1.82) is 0 Å². The van der Waals surface area contributed by atoms with Gasteiger partial charge in [-0.15, -0.1) is 11.3 Å². The molecule has 1 amide bonds. The van der Waals surface area contributed by atoms with Crippen molar-refractivity contribution in [2.24, 2.45) is 5.92 Å². The molecule has 0 aliphatic carbocycles. The van der Waals surface area contributed by atoms with Crippen LogP contribution in [0, 0.1) is 5.92 Å². The molecule has 0 unspecified atom stereocenters. The number of amides is 1. The monoisotopic (exact) mass is 479 g/mol. The van der Waals surface area contributed by atoms with Gasteiger partial charge in [-0.25, -0.2) is 4.98 Å². The quantitative estimate of drug-likeness (QED) is 0.366. The zero-order chi connectivity index (χ0) is 20.3. The van der Waals surface area contributed by atoms with E-state index in [1.165, 1.54) is 11.8 Å². The average Bonchev–Trinajstić information content (AvgIpc) is 3.15. The van der Waals surface area contributed by atoms with Crippen molar-refractivity contribution >= 4 is 55.8 Å².